The zero-order valence-electron chi connectivity index (χ0n) is 16.9. The highest BCUT2D eigenvalue weighted by Crippen LogP contribution is 2.40. The standard InChI is InChI=1S/C22H22Cl2N2O4/c1-25(2)9-10-26-19(13-5-4-6-15(23)11-13)18(21(28)22(26)29)20(27)14-7-8-17(30-3)16(24)12-14/h4-8,11-12,19,27H,9-10H2,1-3H3/b20-18-. The van der Waals surface area contributed by atoms with Gasteiger partial charge in [0.2, 0.25) is 0 Å². The fourth-order valence-electron chi connectivity index (χ4n) is 3.41. The Morgan fingerprint density at radius 1 is 1.17 bits per heavy atom. The van der Waals surface area contributed by atoms with Gasteiger partial charge in [-0.2, -0.15) is 0 Å². The molecule has 1 amide bonds. The van der Waals surface area contributed by atoms with Crippen LogP contribution in [-0.4, -0.2) is 60.9 Å². The molecule has 1 fully saturated rings. The second-order valence-electron chi connectivity index (χ2n) is 7.20. The summed E-state index contributed by atoms with van der Waals surface area (Å²) >= 11 is 12.4. The lowest BCUT2D eigenvalue weighted by Crippen LogP contribution is -2.35. The highest BCUT2D eigenvalue weighted by atomic mass is 35.5. The maximum absolute atomic E-state index is 12.9. The van der Waals surface area contributed by atoms with Gasteiger partial charge in [-0.05, 0) is 50.0 Å². The summed E-state index contributed by atoms with van der Waals surface area (Å²) in [4.78, 5) is 29.1. The molecule has 1 aliphatic rings. The van der Waals surface area contributed by atoms with Crippen molar-refractivity contribution in [2.75, 3.05) is 34.3 Å². The third kappa shape index (κ3) is 4.31. The van der Waals surface area contributed by atoms with Gasteiger partial charge in [-0.3, -0.25) is 9.59 Å². The van der Waals surface area contributed by atoms with E-state index in [9.17, 15) is 14.7 Å². The number of carbonyl (C=O) groups is 2. The molecule has 3 rings (SSSR count). The summed E-state index contributed by atoms with van der Waals surface area (Å²) in [6.07, 6.45) is 0. The molecule has 0 aliphatic carbocycles. The number of likely N-dealkylation sites (tertiary alicyclic amines) is 1. The summed E-state index contributed by atoms with van der Waals surface area (Å²) in [6.45, 7) is 0.868. The van der Waals surface area contributed by atoms with Crippen LogP contribution in [0.3, 0.4) is 0 Å². The summed E-state index contributed by atoms with van der Waals surface area (Å²) in [5.74, 6) is -1.27. The van der Waals surface area contributed by atoms with Gasteiger partial charge in [-0.1, -0.05) is 35.3 Å². The van der Waals surface area contributed by atoms with Crippen LogP contribution in [0.15, 0.2) is 48.0 Å². The van der Waals surface area contributed by atoms with Gasteiger partial charge < -0.3 is 19.6 Å². The molecule has 1 heterocycles. The molecule has 0 radical (unpaired) electrons. The summed E-state index contributed by atoms with van der Waals surface area (Å²) in [6, 6.07) is 10.8. The number of carbonyl (C=O) groups excluding carboxylic acids is 2. The van der Waals surface area contributed by atoms with Crippen molar-refractivity contribution in [2.45, 2.75) is 6.04 Å². The molecule has 2 aromatic rings. The summed E-state index contributed by atoms with van der Waals surface area (Å²) < 4.78 is 5.14. The molecule has 1 saturated heterocycles. The Morgan fingerprint density at radius 3 is 2.50 bits per heavy atom. The first-order chi connectivity index (χ1) is 14.2. The van der Waals surface area contributed by atoms with E-state index in [1.54, 1.807) is 36.4 Å². The van der Waals surface area contributed by atoms with Crippen LogP contribution in [0, 0.1) is 0 Å². The number of aliphatic hydroxyl groups is 1. The van der Waals surface area contributed by atoms with E-state index in [4.69, 9.17) is 27.9 Å². The molecular formula is C22H22Cl2N2O4. The number of benzene rings is 2. The average Bonchev–Trinajstić information content (AvgIpc) is 2.96. The van der Waals surface area contributed by atoms with E-state index in [0.717, 1.165) is 0 Å². The first-order valence-corrected chi connectivity index (χ1v) is 10.0. The minimum Gasteiger partial charge on any atom is -0.507 e. The Morgan fingerprint density at radius 2 is 1.90 bits per heavy atom. The zero-order valence-corrected chi connectivity index (χ0v) is 18.4. The van der Waals surface area contributed by atoms with Gasteiger partial charge in [-0.25, -0.2) is 0 Å². The molecule has 1 unspecified atom stereocenters. The van der Waals surface area contributed by atoms with Gasteiger partial charge in [0.1, 0.15) is 11.5 Å². The predicted octanol–water partition coefficient (Wildman–Crippen LogP) is 3.99. The van der Waals surface area contributed by atoms with Gasteiger partial charge in [0.25, 0.3) is 11.7 Å². The van der Waals surface area contributed by atoms with Crippen LogP contribution in [0.1, 0.15) is 17.2 Å². The summed E-state index contributed by atoms with van der Waals surface area (Å²) in [7, 11) is 5.24. The van der Waals surface area contributed by atoms with E-state index in [-0.39, 0.29) is 16.4 Å². The highest BCUT2D eigenvalue weighted by Gasteiger charge is 2.46. The van der Waals surface area contributed by atoms with E-state index < -0.39 is 17.7 Å². The van der Waals surface area contributed by atoms with E-state index in [0.29, 0.717) is 35.0 Å². The Kier molecular flexibility index (Phi) is 6.71. The number of nitrogens with zero attached hydrogens (tertiary/aromatic N) is 2. The molecule has 2 aromatic carbocycles. The SMILES string of the molecule is COc1ccc(/C(O)=C2/C(=O)C(=O)N(CCN(C)C)C2c2cccc(Cl)c2)cc1Cl. The van der Waals surface area contributed by atoms with Crippen molar-refractivity contribution >= 4 is 40.7 Å². The zero-order chi connectivity index (χ0) is 22.0. The lowest BCUT2D eigenvalue weighted by Gasteiger charge is -2.26. The number of amides is 1. The first-order valence-electron chi connectivity index (χ1n) is 9.27. The first kappa shape index (κ1) is 22.2. The Hall–Kier alpha value is -2.54. The molecule has 30 heavy (non-hydrogen) atoms. The summed E-state index contributed by atoms with van der Waals surface area (Å²) in [5.41, 5.74) is 0.960. The van der Waals surface area contributed by atoms with Crippen LogP contribution in [0.4, 0.5) is 0 Å². The number of hydrogen-bond acceptors (Lipinski definition) is 5. The minimum atomic E-state index is -0.760. The van der Waals surface area contributed by atoms with Gasteiger partial charge in [0.15, 0.2) is 0 Å². The molecule has 6 nitrogen and oxygen atoms in total. The van der Waals surface area contributed by atoms with Gasteiger partial charge in [-0.15, -0.1) is 0 Å². The monoisotopic (exact) mass is 448 g/mol. The maximum Gasteiger partial charge on any atom is 0.295 e. The number of ketones is 1. The fraction of sp³-hybridized carbons (Fsp3) is 0.273. The number of rotatable bonds is 6. The van der Waals surface area contributed by atoms with E-state index in [1.165, 1.54) is 18.1 Å². The van der Waals surface area contributed by atoms with E-state index >= 15 is 0 Å². The molecule has 0 aromatic heterocycles. The molecular weight excluding hydrogens is 427 g/mol. The number of aliphatic hydroxyl groups excluding tert-OH is 1. The van der Waals surface area contributed by atoms with Crippen LogP contribution in [-0.2, 0) is 9.59 Å². The number of likely N-dealkylation sites (N-methyl/N-ethyl adjacent to an activating group) is 1. The molecule has 1 atom stereocenters. The second kappa shape index (κ2) is 9.08. The Bertz CT molecular complexity index is 1020. The smallest absolute Gasteiger partial charge is 0.295 e. The second-order valence-corrected chi connectivity index (χ2v) is 8.04. The van der Waals surface area contributed by atoms with Crippen molar-refractivity contribution in [2.24, 2.45) is 0 Å². The molecule has 0 bridgehead atoms. The van der Waals surface area contributed by atoms with Crippen molar-refractivity contribution in [3.8, 4) is 5.75 Å². The topological polar surface area (TPSA) is 70.1 Å². The highest BCUT2D eigenvalue weighted by molar-refractivity contribution is 6.46. The molecule has 0 spiro atoms. The average molecular weight is 449 g/mol. The molecule has 0 saturated carbocycles. The fourth-order valence-corrected chi connectivity index (χ4v) is 3.87. The van der Waals surface area contributed by atoms with Crippen LogP contribution in [0.25, 0.3) is 5.76 Å². The molecule has 8 heteroatoms. The number of ether oxygens (including phenoxy) is 1. The van der Waals surface area contributed by atoms with Gasteiger partial charge in [0.05, 0.1) is 23.7 Å². The summed E-state index contributed by atoms with van der Waals surface area (Å²) in [5, 5.41) is 11.8. The number of Topliss-reactive ketones (excluding diaryl/α,β-unsaturated/α-hetero) is 1. The van der Waals surface area contributed by atoms with Gasteiger partial charge >= 0.3 is 0 Å². The van der Waals surface area contributed by atoms with E-state index in [2.05, 4.69) is 0 Å². The Balaban J connectivity index is 2.16. The van der Waals surface area contributed by atoms with E-state index in [1.807, 2.05) is 19.0 Å². The van der Waals surface area contributed by atoms with Crippen LogP contribution in [0.2, 0.25) is 10.0 Å². The lowest BCUT2D eigenvalue weighted by molar-refractivity contribution is -0.140. The molecule has 1 N–H and O–H groups in total. The quantitative estimate of drug-likeness (QED) is 0.411. The van der Waals surface area contributed by atoms with Crippen LogP contribution < -0.4 is 4.74 Å². The van der Waals surface area contributed by atoms with Gasteiger partial charge in [0, 0.05) is 23.7 Å². The van der Waals surface area contributed by atoms with Crippen LogP contribution >= 0.6 is 23.2 Å². The van der Waals surface area contributed by atoms with Crippen molar-refractivity contribution in [1.82, 2.24) is 9.80 Å². The van der Waals surface area contributed by atoms with Crippen molar-refractivity contribution in [1.29, 1.82) is 0 Å². The minimum absolute atomic E-state index is 0.00209. The number of halogens is 2. The molecule has 158 valence electrons. The number of methoxy groups -OCH3 is 1. The van der Waals surface area contributed by atoms with Crippen molar-refractivity contribution < 1.29 is 19.4 Å². The maximum atomic E-state index is 12.9. The Labute approximate surface area is 185 Å². The third-order valence-corrected chi connectivity index (χ3v) is 5.45. The number of hydrogen-bond donors (Lipinski definition) is 1. The molecule has 1 aliphatic heterocycles. The predicted molar refractivity (Wildman–Crippen MR) is 117 cm³/mol. The van der Waals surface area contributed by atoms with Crippen molar-refractivity contribution in [3.05, 3.63) is 69.2 Å². The lowest BCUT2D eigenvalue weighted by atomic mass is 9.95. The van der Waals surface area contributed by atoms with Crippen molar-refractivity contribution in [3.63, 3.8) is 0 Å². The van der Waals surface area contributed by atoms with Crippen LogP contribution in [0.5, 0.6) is 5.75 Å². The third-order valence-electron chi connectivity index (χ3n) is 4.92. The largest absolute Gasteiger partial charge is 0.507 e. The normalized spacial score (nSPS) is 18.3.